The summed E-state index contributed by atoms with van der Waals surface area (Å²) in [5.41, 5.74) is 3.79. The molecular weight excluding hydrogens is 238 g/mol. The molecule has 0 radical (unpaired) electrons. The number of piperidine rings is 1. The van der Waals surface area contributed by atoms with Gasteiger partial charge >= 0.3 is 12.0 Å². The Balaban J connectivity index is 2.63. The average molecular weight is 257 g/mol. The first-order valence-electron chi connectivity index (χ1n) is 5.95. The van der Waals surface area contributed by atoms with Crippen molar-refractivity contribution in [3.63, 3.8) is 0 Å². The summed E-state index contributed by atoms with van der Waals surface area (Å²) in [6.07, 6.45) is 2.05. The number of carbonyl (C=O) groups is 3. The molecule has 1 rings (SSSR count). The number of hydrogen-bond donors (Lipinski definition) is 3. The monoisotopic (exact) mass is 257 g/mol. The minimum absolute atomic E-state index is 0.0450. The van der Waals surface area contributed by atoms with Gasteiger partial charge in [0.1, 0.15) is 5.54 Å². The molecule has 1 heterocycles. The van der Waals surface area contributed by atoms with Crippen molar-refractivity contribution in [2.24, 2.45) is 5.73 Å². The molecule has 7 nitrogen and oxygen atoms in total. The Bertz CT molecular complexity index is 358. The molecule has 0 aromatic heterocycles. The van der Waals surface area contributed by atoms with Crippen LogP contribution in [0.5, 0.6) is 0 Å². The molecule has 0 spiro atoms. The molecule has 1 aliphatic rings. The number of carboxylic acid groups (broad SMARTS) is 1. The van der Waals surface area contributed by atoms with Gasteiger partial charge in [-0.25, -0.2) is 9.59 Å². The lowest BCUT2D eigenvalue weighted by atomic mass is 9.89. The number of nitrogens with one attached hydrogen (secondary N) is 1. The highest BCUT2D eigenvalue weighted by molar-refractivity contribution is 5.86. The van der Waals surface area contributed by atoms with Gasteiger partial charge in [0.25, 0.3) is 0 Å². The Labute approximate surface area is 105 Å². The van der Waals surface area contributed by atoms with Gasteiger partial charge < -0.3 is 21.1 Å². The Hall–Kier alpha value is -1.79. The van der Waals surface area contributed by atoms with Gasteiger partial charge in [-0.1, -0.05) is 0 Å². The molecule has 1 saturated heterocycles. The maximum Gasteiger partial charge on any atom is 0.329 e. The fraction of sp³-hybridized carbons (Fsp3) is 0.727. The van der Waals surface area contributed by atoms with Gasteiger partial charge in [-0.2, -0.15) is 0 Å². The van der Waals surface area contributed by atoms with E-state index >= 15 is 0 Å². The number of primary amides is 1. The number of likely N-dealkylation sites (tertiary alicyclic amines) is 1. The molecule has 0 aromatic rings. The van der Waals surface area contributed by atoms with E-state index in [1.165, 1.54) is 4.90 Å². The molecule has 0 aromatic carbocycles. The zero-order valence-corrected chi connectivity index (χ0v) is 10.4. The normalized spacial score (nSPS) is 23.5. The van der Waals surface area contributed by atoms with Crippen molar-refractivity contribution in [3.05, 3.63) is 0 Å². The number of amides is 3. The van der Waals surface area contributed by atoms with Crippen molar-refractivity contribution in [1.82, 2.24) is 10.2 Å². The molecule has 3 amide bonds. The van der Waals surface area contributed by atoms with E-state index in [0.29, 0.717) is 13.0 Å². The largest absolute Gasteiger partial charge is 0.480 e. The maximum atomic E-state index is 11.9. The molecule has 1 fully saturated rings. The van der Waals surface area contributed by atoms with E-state index in [0.717, 1.165) is 12.8 Å². The lowest BCUT2D eigenvalue weighted by Gasteiger charge is -2.41. The second-order valence-corrected chi connectivity index (χ2v) is 4.64. The number of aliphatic carboxylic acids is 1. The summed E-state index contributed by atoms with van der Waals surface area (Å²) in [6, 6.07) is -0.458. The quantitative estimate of drug-likeness (QED) is 0.652. The van der Waals surface area contributed by atoms with Crippen molar-refractivity contribution in [2.45, 2.75) is 38.1 Å². The summed E-state index contributed by atoms with van der Waals surface area (Å²) in [5, 5.41) is 11.8. The van der Waals surface area contributed by atoms with Crippen LogP contribution >= 0.6 is 0 Å². The van der Waals surface area contributed by atoms with Crippen molar-refractivity contribution >= 4 is 17.9 Å². The molecule has 1 atom stereocenters. The molecule has 1 unspecified atom stereocenters. The topological polar surface area (TPSA) is 113 Å². The lowest BCUT2D eigenvalue weighted by Crippen LogP contribution is -2.60. The number of hydrogen-bond acceptors (Lipinski definition) is 3. The van der Waals surface area contributed by atoms with Crippen LogP contribution < -0.4 is 11.1 Å². The average Bonchev–Trinajstić information content (AvgIpc) is 2.28. The smallest absolute Gasteiger partial charge is 0.329 e. The Morgan fingerprint density at radius 2 is 2.06 bits per heavy atom. The third-order valence-corrected chi connectivity index (χ3v) is 3.24. The number of nitrogens with two attached hydrogens (primary N) is 1. The first kappa shape index (κ1) is 14.3. The van der Waals surface area contributed by atoms with Crippen LogP contribution in [-0.4, -0.2) is 46.5 Å². The zero-order chi connectivity index (χ0) is 13.8. The van der Waals surface area contributed by atoms with Crippen LogP contribution in [-0.2, 0) is 9.59 Å². The van der Waals surface area contributed by atoms with Crippen molar-refractivity contribution < 1.29 is 19.5 Å². The van der Waals surface area contributed by atoms with Crippen molar-refractivity contribution in [3.8, 4) is 0 Å². The molecule has 0 aliphatic carbocycles. The number of carboxylic acids is 1. The van der Waals surface area contributed by atoms with Crippen LogP contribution in [0, 0.1) is 0 Å². The third-order valence-electron chi connectivity index (χ3n) is 3.24. The van der Waals surface area contributed by atoms with Crippen molar-refractivity contribution in [2.75, 3.05) is 13.1 Å². The number of rotatable bonds is 4. The van der Waals surface area contributed by atoms with Crippen molar-refractivity contribution in [1.29, 1.82) is 0 Å². The number of urea groups is 1. The minimum atomic E-state index is -1.17. The summed E-state index contributed by atoms with van der Waals surface area (Å²) in [6.45, 7) is 2.08. The fourth-order valence-electron chi connectivity index (χ4n) is 2.06. The molecule has 0 saturated carbocycles. The van der Waals surface area contributed by atoms with Gasteiger partial charge in [0.15, 0.2) is 0 Å². The molecule has 4 N–H and O–H groups in total. The van der Waals surface area contributed by atoms with Gasteiger partial charge in [-0.3, -0.25) is 4.79 Å². The van der Waals surface area contributed by atoms with Crippen LogP contribution in [0.1, 0.15) is 32.6 Å². The zero-order valence-electron chi connectivity index (χ0n) is 10.4. The summed E-state index contributed by atoms with van der Waals surface area (Å²) in [5.74, 6) is -1.51. The molecule has 102 valence electrons. The van der Waals surface area contributed by atoms with E-state index in [1.807, 2.05) is 0 Å². The third kappa shape index (κ3) is 3.12. The van der Waals surface area contributed by atoms with Crippen LogP contribution in [0.4, 0.5) is 4.79 Å². The summed E-state index contributed by atoms with van der Waals surface area (Å²) >= 11 is 0. The molecule has 18 heavy (non-hydrogen) atoms. The van der Waals surface area contributed by atoms with Gasteiger partial charge in [0.2, 0.25) is 5.91 Å². The van der Waals surface area contributed by atoms with Crippen LogP contribution in [0.2, 0.25) is 0 Å². The molecule has 0 bridgehead atoms. The highest BCUT2D eigenvalue weighted by Gasteiger charge is 2.43. The van der Waals surface area contributed by atoms with E-state index in [4.69, 9.17) is 5.73 Å². The Morgan fingerprint density at radius 1 is 1.39 bits per heavy atom. The van der Waals surface area contributed by atoms with Gasteiger partial charge in [-0.15, -0.1) is 0 Å². The van der Waals surface area contributed by atoms with Crippen LogP contribution in [0.15, 0.2) is 0 Å². The van der Waals surface area contributed by atoms with Gasteiger partial charge in [-0.05, 0) is 26.2 Å². The van der Waals surface area contributed by atoms with Gasteiger partial charge in [0.05, 0.1) is 0 Å². The van der Waals surface area contributed by atoms with E-state index < -0.39 is 23.4 Å². The summed E-state index contributed by atoms with van der Waals surface area (Å²) < 4.78 is 0. The number of nitrogens with zero attached hydrogens (tertiary/aromatic N) is 1. The van der Waals surface area contributed by atoms with E-state index in [1.54, 1.807) is 6.92 Å². The first-order valence-corrected chi connectivity index (χ1v) is 5.95. The highest BCUT2D eigenvalue weighted by Crippen LogP contribution is 2.28. The van der Waals surface area contributed by atoms with E-state index in [9.17, 15) is 19.5 Å². The standard InChI is InChI=1S/C11H19N3O4/c1-11(9(16)17)5-2-3-7-14(11)10(18)13-6-4-8(12)15/h2-7H2,1H3,(H2,12,15)(H,13,18)(H,16,17). The van der Waals surface area contributed by atoms with Crippen LogP contribution in [0.3, 0.4) is 0 Å². The lowest BCUT2D eigenvalue weighted by molar-refractivity contribution is -0.150. The number of carbonyl (C=O) groups excluding carboxylic acids is 2. The summed E-state index contributed by atoms with van der Waals surface area (Å²) in [4.78, 5) is 35.1. The van der Waals surface area contributed by atoms with Crippen LogP contribution in [0.25, 0.3) is 0 Å². The minimum Gasteiger partial charge on any atom is -0.480 e. The Kier molecular flexibility index (Phi) is 4.52. The Morgan fingerprint density at radius 3 is 2.61 bits per heavy atom. The fourth-order valence-corrected chi connectivity index (χ4v) is 2.06. The summed E-state index contributed by atoms with van der Waals surface area (Å²) in [7, 11) is 0. The predicted molar refractivity (Wildman–Crippen MR) is 63.8 cm³/mol. The molecule has 1 aliphatic heterocycles. The molecule has 7 heteroatoms. The second-order valence-electron chi connectivity index (χ2n) is 4.64. The van der Waals surface area contributed by atoms with E-state index in [-0.39, 0.29) is 13.0 Å². The first-order chi connectivity index (χ1) is 8.38. The predicted octanol–water partition coefficient (Wildman–Crippen LogP) is -0.0994. The highest BCUT2D eigenvalue weighted by atomic mass is 16.4. The van der Waals surface area contributed by atoms with E-state index in [2.05, 4.69) is 5.32 Å². The molecular formula is C11H19N3O4. The SMILES string of the molecule is CC1(C(=O)O)CCCCN1C(=O)NCCC(N)=O. The maximum absolute atomic E-state index is 11.9. The van der Waals surface area contributed by atoms with Gasteiger partial charge in [0, 0.05) is 19.5 Å². The second kappa shape index (κ2) is 5.70.